The minimum atomic E-state index is 0.0923. The van der Waals surface area contributed by atoms with E-state index in [1.807, 2.05) is 37.3 Å². The van der Waals surface area contributed by atoms with Gasteiger partial charge < -0.3 is 10.8 Å². The van der Waals surface area contributed by atoms with E-state index in [0.29, 0.717) is 23.8 Å². The van der Waals surface area contributed by atoms with Crippen LogP contribution in [0.25, 0.3) is 11.1 Å². The summed E-state index contributed by atoms with van der Waals surface area (Å²) in [6, 6.07) is 19.2. The number of aromatic nitrogens is 1. The van der Waals surface area contributed by atoms with E-state index in [1.54, 1.807) is 11.8 Å². The Balaban J connectivity index is 1.40. The Kier molecular flexibility index (Phi) is 8.70. The summed E-state index contributed by atoms with van der Waals surface area (Å²) in [6.45, 7) is 14.4. The van der Waals surface area contributed by atoms with Gasteiger partial charge in [0.2, 0.25) is 0 Å². The van der Waals surface area contributed by atoms with E-state index in [9.17, 15) is 0 Å². The number of aryl methyl sites for hydroxylation is 2. The zero-order chi connectivity index (χ0) is 29.1. The quantitative estimate of drug-likeness (QED) is 0.148. The topological polar surface area (TPSA) is 60.6 Å². The van der Waals surface area contributed by atoms with Gasteiger partial charge in [-0.15, -0.1) is 18.3 Å². The van der Waals surface area contributed by atoms with Crippen molar-refractivity contribution in [1.29, 1.82) is 10.8 Å². The molecule has 208 valence electrons. The molecule has 2 aromatic carbocycles. The molecular formula is C37H39N3S. The Labute approximate surface area is 249 Å². The fraction of sp³-hybridized carbons (Fsp3) is 0.270. The van der Waals surface area contributed by atoms with Gasteiger partial charge in [-0.25, -0.2) is 0 Å². The van der Waals surface area contributed by atoms with Crippen LogP contribution < -0.4 is 0 Å². The van der Waals surface area contributed by atoms with Crippen molar-refractivity contribution >= 4 is 34.3 Å². The Morgan fingerprint density at radius 2 is 1.90 bits per heavy atom. The molecule has 0 bridgehead atoms. The molecule has 3 nitrogen and oxygen atoms in total. The molecule has 0 radical (unpaired) electrons. The Morgan fingerprint density at radius 3 is 2.66 bits per heavy atom. The summed E-state index contributed by atoms with van der Waals surface area (Å²) in [7, 11) is 0. The molecule has 4 heteroatoms. The number of nitrogens with zero attached hydrogens (tertiary/aromatic N) is 1. The highest BCUT2D eigenvalue weighted by Gasteiger charge is 2.23. The number of fused-ring (bicyclic) bond motifs is 1. The maximum Gasteiger partial charge on any atom is 0.0729 e. The normalized spacial score (nSPS) is 17.0. The first-order valence-electron chi connectivity index (χ1n) is 14.4. The maximum atomic E-state index is 9.01. The monoisotopic (exact) mass is 557 g/mol. The molecular weight excluding hydrogens is 518 g/mol. The van der Waals surface area contributed by atoms with Gasteiger partial charge in [0.15, 0.2) is 0 Å². The Morgan fingerprint density at radius 1 is 1.10 bits per heavy atom. The number of thioether (sulfide) groups is 1. The van der Waals surface area contributed by atoms with Crippen LogP contribution in [0.15, 0.2) is 96.5 Å². The first kappa shape index (κ1) is 28.8. The average molecular weight is 558 g/mol. The minimum Gasteiger partial charge on any atom is -0.305 e. The predicted molar refractivity (Wildman–Crippen MR) is 177 cm³/mol. The van der Waals surface area contributed by atoms with E-state index in [4.69, 9.17) is 15.8 Å². The summed E-state index contributed by atoms with van der Waals surface area (Å²) < 4.78 is 0. The number of nitrogens with one attached hydrogen (secondary N) is 2. The van der Waals surface area contributed by atoms with Crippen molar-refractivity contribution in [2.45, 2.75) is 63.0 Å². The third-order valence-electron chi connectivity index (χ3n) is 8.14. The maximum absolute atomic E-state index is 9.01. The van der Waals surface area contributed by atoms with Crippen molar-refractivity contribution in [3.05, 3.63) is 131 Å². The van der Waals surface area contributed by atoms with Gasteiger partial charge in [0.05, 0.1) is 11.4 Å². The number of hydrogen-bond donors (Lipinski definition) is 2. The molecule has 2 atom stereocenters. The smallest absolute Gasteiger partial charge is 0.0729 e. The highest BCUT2D eigenvalue weighted by molar-refractivity contribution is 8.00. The third kappa shape index (κ3) is 6.44. The van der Waals surface area contributed by atoms with Crippen molar-refractivity contribution in [2.75, 3.05) is 0 Å². The zero-order valence-corrected chi connectivity index (χ0v) is 25.2. The largest absolute Gasteiger partial charge is 0.305 e. The summed E-state index contributed by atoms with van der Waals surface area (Å²) in [5.41, 5.74) is 12.2. The fourth-order valence-electron chi connectivity index (χ4n) is 5.87. The molecule has 0 aliphatic heterocycles. The highest BCUT2D eigenvalue weighted by atomic mass is 32.2. The molecule has 0 saturated carbocycles. The number of hydrogen-bond acceptors (Lipinski definition) is 4. The first-order chi connectivity index (χ1) is 19.7. The van der Waals surface area contributed by atoms with E-state index in [0.717, 1.165) is 64.9 Å². The van der Waals surface area contributed by atoms with Gasteiger partial charge in [-0.1, -0.05) is 54.6 Å². The van der Waals surface area contributed by atoms with Crippen LogP contribution in [0.5, 0.6) is 0 Å². The van der Waals surface area contributed by atoms with Crippen LogP contribution in [0, 0.1) is 30.6 Å². The second-order valence-corrected chi connectivity index (χ2v) is 12.7. The lowest BCUT2D eigenvalue weighted by atomic mass is 9.88. The summed E-state index contributed by atoms with van der Waals surface area (Å²) in [5, 5.41) is 17.8. The molecule has 1 aromatic heterocycles. The van der Waals surface area contributed by atoms with Gasteiger partial charge in [-0.3, -0.25) is 4.98 Å². The predicted octanol–water partition coefficient (Wildman–Crippen LogP) is 9.37. The second-order valence-electron chi connectivity index (χ2n) is 11.4. The van der Waals surface area contributed by atoms with E-state index in [2.05, 4.69) is 69.5 Å². The highest BCUT2D eigenvalue weighted by Crippen LogP contribution is 2.38. The fourth-order valence-corrected chi connectivity index (χ4v) is 7.07. The summed E-state index contributed by atoms with van der Waals surface area (Å²) in [5.74, 6) is 0.640. The van der Waals surface area contributed by atoms with Gasteiger partial charge in [0.25, 0.3) is 0 Å². The van der Waals surface area contributed by atoms with Crippen molar-refractivity contribution in [3.8, 4) is 0 Å². The Bertz CT molecular complexity index is 1610. The van der Waals surface area contributed by atoms with Crippen molar-refractivity contribution in [1.82, 2.24) is 4.98 Å². The van der Waals surface area contributed by atoms with Crippen LogP contribution >= 0.6 is 11.8 Å². The summed E-state index contributed by atoms with van der Waals surface area (Å²) >= 11 is 1.80. The molecule has 0 amide bonds. The van der Waals surface area contributed by atoms with Crippen molar-refractivity contribution in [3.63, 3.8) is 0 Å². The lowest BCUT2D eigenvalue weighted by Crippen LogP contribution is -2.13. The number of benzene rings is 2. The molecule has 2 aliphatic rings. The van der Waals surface area contributed by atoms with Crippen molar-refractivity contribution < 1.29 is 0 Å². The number of pyridine rings is 1. The standard InChI is InChI=1S/C37H39N3S/c1-6-9-26-18-27-16-17-29(20-30(27)19-26)33(39)22-35(23(2)3)41-36-21-28(15-14-24(36)4)31-11-8-12-32(38)37(31)34-13-7-10-25(5)40-34/h6-8,10,12-17,20-21,26,35,38-39H,1-2,9,11,18-19,22H2,3-5H3. The molecule has 0 spiro atoms. The van der Waals surface area contributed by atoms with Crippen LogP contribution in [0.3, 0.4) is 0 Å². The molecule has 2 aliphatic carbocycles. The van der Waals surface area contributed by atoms with Crippen LogP contribution in [-0.4, -0.2) is 21.7 Å². The Hall–Kier alpha value is -3.76. The van der Waals surface area contributed by atoms with Crippen LogP contribution in [0.4, 0.5) is 0 Å². The second kappa shape index (κ2) is 12.4. The van der Waals surface area contributed by atoms with Gasteiger partial charge in [0.1, 0.15) is 0 Å². The third-order valence-corrected chi connectivity index (χ3v) is 9.69. The van der Waals surface area contributed by atoms with E-state index < -0.39 is 0 Å². The zero-order valence-electron chi connectivity index (χ0n) is 24.4. The summed E-state index contributed by atoms with van der Waals surface area (Å²) in [6.07, 6.45) is 10.6. The average Bonchev–Trinajstić information content (AvgIpc) is 3.35. The SMILES string of the molecule is C=CCC1Cc2ccc(C(=N)CC(Sc3cc(C4=C(c5cccc(C)n5)C(=N)C=CC4)ccc3C)C(=C)C)cc2C1. The summed E-state index contributed by atoms with van der Waals surface area (Å²) in [4.78, 5) is 5.94. The van der Waals surface area contributed by atoms with Crippen LogP contribution in [0.1, 0.15) is 65.4 Å². The lowest BCUT2D eigenvalue weighted by Gasteiger charge is -2.21. The minimum absolute atomic E-state index is 0.0923. The lowest BCUT2D eigenvalue weighted by molar-refractivity contribution is 0.572. The molecule has 2 unspecified atom stereocenters. The molecule has 2 N–H and O–H groups in total. The van der Waals surface area contributed by atoms with Crippen LogP contribution in [0.2, 0.25) is 0 Å². The number of rotatable bonds is 10. The van der Waals surface area contributed by atoms with E-state index in [-0.39, 0.29) is 5.25 Å². The molecule has 1 heterocycles. The van der Waals surface area contributed by atoms with Crippen LogP contribution in [-0.2, 0) is 12.8 Å². The van der Waals surface area contributed by atoms with E-state index >= 15 is 0 Å². The van der Waals surface area contributed by atoms with E-state index in [1.165, 1.54) is 21.6 Å². The molecule has 0 saturated heterocycles. The van der Waals surface area contributed by atoms with Gasteiger partial charge in [-0.2, -0.15) is 0 Å². The number of allylic oxidation sites excluding steroid dienone is 5. The molecule has 5 rings (SSSR count). The van der Waals surface area contributed by atoms with Gasteiger partial charge in [-0.05, 0) is 116 Å². The van der Waals surface area contributed by atoms with Gasteiger partial charge >= 0.3 is 0 Å². The molecule has 41 heavy (non-hydrogen) atoms. The molecule has 0 fully saturated rings. The first-order valence-corrected chi connectivity index (χ1v) is 15.3. The van der Waals surface area contributed by atoms with Gasteiger partial charge in [0, 0.05) is 33.5 Å². The van der Waals surface area contributed by atoms with Crippen molar-refractivity contribution in [2.24, 2.45) is 5.92 Å². The molecule has 3 aromatic rings.